The number of pyridine rings is 1. The lowest BCUT2D eigenvalue weighted by Crippen LogP contribution is -2.21. The van der Waals surface area contributed by atoms with Gasteiger partial charge in [-0.1, -0.05) is 0 Å². The van der Waals surface area contributed by atoms with Crippen molar-refractivity contribution < 1.29 is 4.74 Å². The van der Waals surface area contributed by atoms with Crippen LogP contribution in [0.2, 0.25) is 0 Å². The Balaban J connectivity index is 1.59. The molecule has 0 bridgehead atoms. The van der Waals surface area contributed by atoms with Crippen LogP contribution in [0.15, 0.2) is 24.5 Å². The van der Waals surface area contributed by atoms with Crippen molar-refractivity contribution in [3.63, 3.8) is 0 Å². The van der Waals surface area contributed by atoms with Gasteiger partial charge in [-0.3, -0.25) is 4.98 Å². The number of hydrogen-bond acceptors (Lipinski definition) is 3. The number of aromatic nitrogens is 1. The summed E-state index contributed by atoms with van der Waals surface area (Å²) in [5.74, 6) is 0.874. The molecular weight excluding hydrogens is 188 g/mol. The number of ether oxygens (including phenoxy) is 1. The van der Waals surface area contributed by atoms with Gasteiger partial charge in [0.05, 0.1) is 12.8 Å². The van der Waals surface area contributed by atoms with Gasteiger partial charge in [0.2, 0.25) is 0 Å². The van der Waals surface area contributed by atoms with Gasteiger partial charge < -0.3 is 9.64 Å². The zero-order chi connectivity index (χ0) is 10.3. The van der Waals surface area contributed by atoms with Gasteiger partial charge in [-0.05, 0) is 44.5 Å². The number of likely N-dealkylation sites (tertiary alicyclic amines) is 1. The number of hydrogen-bond donors (Lipinski definition) is 0. The summed E-state index contributed by atoms with van der Waals surface area (Å²) in [6.45, 7) is 4.50. The van der Waals surface area contributed by atoms with Crippen molar-refractivity contribution in [2.24, 2.45) is 0 Å². The van der Waals surface area contributed by atoms with E-state index in [9.17, 15) is 0 Å². The van der Waals surface area contributed by atoms with Crippen LogP contribution < -0.4 is 4.74 Å². The fourth-order valence-corrected chi connectivity index (χ4v) is 1.92. The van der Waals surface area contributed by atoms with Crippen molar-refractivity contribution in [3.8, 4) is 5.75 Å². The van der Waals surface area contributed by atoms with E-state index in [1.165, 1.54) is 32.5 Å². The van der Waals surface area contributed by atoms with Gasteiger partial charge in [0.15, 0.2) is 0 Å². The molecule has 3 nitrogen and oxygen atoms in total. The van der Waals surface area contributed by atoms with Crippen LogP contribution >= 0.6 is 0 Å². The predicted octanol–water partition coefficient (Wildman–Crippen LogP) is 1.95. The van der Waals surface area contributed by atoms with E-state index >= 15 is 0 Å². The van der Waals surface area contributed by atoms with Crippen LogP contribution in [0, 0.1) is 0 Å². The summed E-state index contributed by atoms with van der Waals surface area (Å²) in [5.41, 5.74) is 0. The smallest absolute Gasteiger partial charge is 0.137 e. The summed E-state index contributed by atoms with van der Waals surface area (Å²) in [6.07, 6.45) is 7.36. The van der Waals surface area contributed by atoms with Crippen molar-refractivity contribution >= 4 is 0 Å². The lowest BCUT2D eigenvalue weighted by Gasteiger charge is -2.14. The summed E-state index contributed by atoms with van der Waals surface area (Å²) in [5, 5.41) is 0. The molecule has 0 aliphatic carbocycles. The number of rotatable bonds is 5. The second-order valence-electron chi connectivity index (χ2n) is 3.94. The van der Waals surface area contributed by atoms with Gasteiger partial charge in [-0.15, -0.1) is 0 Å². The number of nitrogens with zero attached hydrogens (tertiary/aromatic N) is 2. The summed E-state index contributed by atoms with van der Waals surface area (Å²) < 4.78 is 5.58. The summed E-state index contributed by atoms with van der Waals surface area (Å²) in [4.78, 5) is 6.51. The minimum absolute atomic E-state index is 0.794. The Kier molecular flexibility index (Phi) is 3.97. The Morgan fingerprint density at radius 2 is 2.20 bits per heavy atom. The monoisotopic (exact) mass is 206 g/mol. The second kappa shape index (κ2) is 5.71. The van der Waals surface area contributed by atoms with Gasteiger partial charge in [0, 0.05) is 12.7 Å². The normalized spacial score (nSPS) is 16.8. The van der Waals surface area contributed by atoms with E-state index in [0.717, 1.165) is 18.8 Å². The van der Waals surface area contributed by atoms with E-state index in [1.807, 2.05) is 12.1 Å². The summed E-state index contributed by atoms with van der Waals surface area (Å²) >= 11 is 0. The highest BCUT2D eigenvalue weighted by atomic mass is 16.5. The first kappa shape index (κ1) is 10.4. The highest BCUT2D eigenvalue weighted by Crippen LogP contribution is 2.09. The lowest BCUT2D eigenvalue weighted by molar-refractivity contribution is 0.263. The van der Waals surface area contributed by atoms with Gasteiger partial charge in [-0.2, -0.15) is 0 Å². The van der Waals surface area contributed by atoms with Gasteiger partial charge >= 0.3 is 0 Å². The van der Waals surface area contributed by atoms with Crippen molar-refractivity contribution in [1.82, 2.24) is 9.88 Å². The molecule has 3 heteroatoms. The molecule has 1 aliphatic rings. The van der Waals surface area contributed by atoms with E-state index < -0.39 is 0 Å². The molecule has 2 rings (SSSR count). The van der Waals surface area contributed by atoms with Crippen molar-refractivity contribution in [2.75, 3.05) is 26.2 Å². The molecule has 0 N–H and O–H groups in total. The third-order valence-corrected chi connectivity index (χ3v) is 2.72. The molecule has 15 heavy (non-hydrogen) atoms. The van der Waals surface area contributed by atoms with Crippen LogP contribution in [-0.4, -0.2) is 36.1 Å². The van der Waals surface area contributed by atoms with E-state index in [1.54, 1.807) is 12.4 Å². The molecule has 1 aromatic rings. The molecule has 0 aromatic carbocycles. The van der Waals surface area contributed by atoms with E-state index in [4.69, 9.17) is 4.74 Å². The second-order valence-corrected chi connectivity index (χ2v) is 3.94. The Labute approximate surface area is 91.1 Å². The molecule has 0 spiro atoms. The maximum absolute atomic E-state index is 5.58. The first-order valence-corrected chi connectivity index (χ1v) is 5.70. The van der Waals surface area contributed by atoms with Crippen LogP contribution in [0.1, 0.15) is 19.3 Å². The molecule has 0 unspecified atom stereocenters. The Hall–Kier alpha value is -1.09. The van der Waals surface area contributed by atoms with Gasteiger partial charge in [0.1, 0.15) is 5.75 Å². The molecule has 2 heterocycles. The zero-order valence-electron chi connectivity index (χ0n) is 9.06. The average Bonchev–Trinajstić information content (AvgIpc) is 2.79. The maximum Gasteiger partial charge on any atom is 0.137 e. The SMILES string of the molecule is c1cncc(OCCCN2CCCC2)c1. The molecule has 0 radical (unpaired) electrons. The molecule has 0 saturated carbocycles. The van der Waals surface area contributed by atoms with Gasteiger partial charge in [-0.25, -0.2) is 0 Å². The highest BCUT2D eigenvalue weighted by molar-refractivity contribution is 5.15. The molecular formula is C12H18N2O. The molecule has 0 atom stereocenters. The van der Waals surface area contributed by atoms with Crippen LogP contribution in [0.4, 0.5) is 0 Å². The quantitative estimate of drug-likeness (QED) is 0.688. The van der Waals surface area contributed by atoms with Crippen molar-refractivity contribution in [2.45, 2.75) is 19.3 Å². The molecule has 1 saturated heterocycles. The molecule has 1 aromatic heterocycles. The van der Waals surface area contributed by atoms with E-state index in [-0.39, 0.29) is 0 Å². The van der Waals surface area contributed by atoms with Crippen molar-refractivity contribution in [1.29, 1.82) is 0 Å². The Morgan fingerprint density at radius 1 is 1.33 bits per heavy atom. The minimum Gasteiger partial charge on any atom is -0.492 e. The maximum atomic E-state index is 5.58. The van der Waals surface area contributed by atoms with E-state index in [0.29, 0.717) is 0 Å². The topological polar surface area (TPSA) is 25.4 Å². The first-order chi connectivity index (χ1) is 7.45. The average molecular weight is 206 g/mol. The van der Waals surface area contributed by atoms with Gasteiger partial charge in [0.25, 0.3) is 0 Å². The third-order valence-electron chi connectivity index (χ3n) is 2.72. The Morgan fingerprint density at radius 3 is 2.93 bits per heavy atom. The van der Waals surface area contributed by atoms with Crippen LogP contribution in [0.25, 0.3) is 0 Å². The van der Waals surface area contributed by atoms with Crippen LogP contribution in [0.3, 0.4) is 0 Å². The van der Waals surface area contributed by atoms with Crippen molar-refractivity contribution in [3.05, 3.63) is 24.5 Å². The van der Waals surface area contributed by atoms with Crippen LogP contribution in [-0.2, 0) is 0 Å². The molecule has 82 valence electrons. The largest absolute Gasteiger partial charge is 0.492 e. The highest BCUT2D eigenvalue weighted by Gasteiger charge is 2.10. The fraction of sp³-hybridized carbons (Fsp3) is 0.583. The van der Waals surface area contributed by atoms with E-state index in [2.05, 4.69) is 9.88 Å². The standard InChI is InChI=1S/C12H18N2O/c1-2-8-14(7-1)9-4-10-15-12-5-3-6-13-11-12/h3,5-6,11H,1-2,4,7-10H2. The summed E-state index contributed by atoms with van der Waals surface area (Å²) in [7, 11) is 0. The first-order valence-electron chi connectivity index (χ1n) is 5.70. The zero-order valence-corrected chi connectivity index (χ0v) is 9.06. The predicted molar refractivity (Wildman–Crippen MR) is 60.0 cm³/mol. The minimum atomic E-state index is 0.794. The third kappa shape index (κ3) is 3.51. The molecule has 0 amide bonds. The van der Waals surface area contributed by atoms with Crippen LogP contribution in [0.5, 0.6) is 5.75 Å². The Bertz CT molecular complexity index is 270. The summed E-state index contributed by atoms with van der Waals surface area (Å²) in [6, 6.07) is 3.85. The fourth-order valence-electron chi connectivity index (χ4n) is 1.92. The lowest BCUT2D eigenvalue weighted by atomic mass is 10.4. The molecule has 1 fully saturated rings. The molecule has 1 aliphatic heterocycles.